The predicted octanol–water partition coefficient (Wildman–Crippen LogP) is 0.680. The summed E-state index contributed by atoms with van der Waals surface area (Å²) in [6.45, 7) is 2.95. The van der Waals surface area contributed by atoms with Gasteiger partial charge in [-0.15, -0.1) is 10.2 Å². The van der Waals surface area contributed by atoms with Gasteiger partial charge in [0, 0.05) is 32.6 Å². The lowest BCUT2D eigenvalue weighted by atomic mass is 9.85. The number of fused-ring (bicyclic) bond motifs is 1. The van der Waals surface area contributed by atoms with E-state index in [0.717, 1.165) is 42.6 Å². The van der Waals surface area contributed by atoms with Crippen molar-refractivity contribution in [3.8, 4) is 0 Å². The number of aromatic nitrogens is 2. The van der Waals surface area contributed by atoms with Crippen LogP contribution < -0.4 is 10.6 Å². The summed E-state index contributed by atoms with van der Waals surface area (Å²) in [4.78, 5) is 13.8. The molecule has 6 nitrogen and oxygen atoms in total. The van der Waals surface area contributed by atoms with E-state index in [2.05, 4.69) is 25.7 Å². The van der Waals surface area contributed by atoms with E-state index in [0.29, 0.717) is 18.4 Å². The maximum Gasteiger partial charge on any atom is 0.220 e. The lowest BCUT2D eigenvalue weighted by Gasteiger charge is -2.41. The monoisotopic (exact) mass is 281 g/mol. The summed E-state index contributed by atoms with van der Waals surface area (Å²) in [6.07, 6.45) is 2.75. The smallest absolute Gasteiger partial charge is 0.220 e. The molecule has 0 radical (unpaired) electrons. The van der Waals surface area contributed by atoms with E-state index in [-0.39, 0.29) is 5.91 Å². The molecule has 0 spiro atoms. The molecule has 2 atom stereocenters. The largest absolute Gasteiger partial charge is 0.363 e. The van der Waals surface area contributed by atoms with E-state index < -0.39 is 0 Å². The second kappa shape index (κ2) is 5.42. The first-order valence-corrected chi connectivity index (χ1v) is 7.58. The Balaban J connectivity index is 1.57. The van der Waals surface area contributed by atoms with E-state index >= 15 is 0 Å². The number of amides is 1. The van der Waals surface area contributed by atoms with E-state index in [1.165, 1.54) is 0 Å². The number of rotatable bonds is 3. The van der Waals surface area contributed by atoms with Crippen LogP contribution in [-0.2, 0) is 11.3 Å². The molecule has 2 fully saturated rings. The van der Waals surface area contributed by atoms with Crippen LogP contribution in [0, 0.1) is 5.92 Å². The fourth-order valence-electron chi connectivity index (χ4n) is 2.94. The number of piperidine rings is 2. The van der Waals surface area contributed by atoms with Crippen LogP contribution >= 0.6 is 11.3 Å². The van der Waals surface area contributed by atoms with E-state index in [4.69, 9.17) is 0 Å². The van der Waals surface area contributed by atoms with Crippen molar-refractivity contribution in [1.82, 2.24) is 20.4 Å². The van der Waals surface area contributed by atoms with Gasteiger partial charge in [0.1, 0.15) is 5.01 Å². The molecule has 2 aliphatic rings. The number of nitrogens with one attached hydrogen (secondary N) is 2. The van der Waals surface area contributed by atoms with Gasteiger partial charge in [-0.1, -0.05) is 11.3 Å². The summed E-state index contributed by atoms with van der Waals surface area (Å²) in [5, 5.41) is 16.3. The third-order valence-electron chi connectivity index (χ3n) is 3.95. The molecule has 2 N–H and O–H groups in total. The molecule has 104 valence electrons. The van der Waals surface area contributed by atoms with Gasteiger partial charge in [0.05, 0.1) is 6.54 Å². The van der Waals surface area contributed by atoms with E-state index in [1.54, 1.807) is 11.3 Å². The minimum atomic E-state index is 0.220. The second-order valence-electron chi connectivity index (χ2n) is 5.25. The third kappa shape index (κ3) is 2.87. The van der Waals surface area contributed by atoms with Crippen LogP contribution in [0.2, 0.25) is 0 Å². The molecule has 0 aliphatic carbocycles. The fraction of sp³-hybridized carbons (Fsp3) is 0.750. The molecule has 1 amide bonds. The molecular formula is C12H19N5OS. The first kappa shape index (κ1) is 12.8. The average Bonchev–Trinajstić information content (AvgIpc) is 2.86. The van der Waals surface area contributed by atoms with Gasteiger partial charge in [-0.25, -0.2) is 0 Å². The molecule has 0 bridgehead atoms. The first-order chi connectivity index (χ1) is 9.24. The predicted molar refractivity (Wildman–Crippen MR) is 74.0 cm³/mol. The van der Waals surface area contributed by atoms with E-state index in [1.807, 2.05) is 7.05 Å². The van der Waals surface area contributed by atoms with Gasteiger partial charge in [0.25, 0.3) is 0 Å². The lowest BCUT2D eigenvalue weighted by molar-refractivity contribution is -0.125. The van der Waals surface area contributed by atoms with Crippen molar-refractivity contribution in [2.75, 3.05) is 25.5 Å². The number of hydrogen-bond acceptors (Lipinski definition) is 6. The maximum absolute atomic E-state index is 11.4. The van der Waals surface area contributed by atoms with Crippen molar-refractivity contribution in [3.63, 3.8) is 0 Å². The molecule has 2 unspecified atom stereocenters. The second-order valence-corrected chi connectivity index (χ2v) is 6.31. The quantitative estimate of drug-likeness (QED) is 0.852. The molecule has 7 heteroatoms. The topological polar surface area (TPSA) is 70.2 Å². The van der Waals surface area contributed by atoms with Crippen molar-refractivity contribution in [3.05, 3.63) is 5.01 Å². The molecule has 1 aromatic heterocycles. The Morgan fingerprint density at radius 2 is 2.37 bits per heavy atom. The molecule has 2 aliphatic heterocycles. The molecule has 0 saturated carbocycles. The Labute approximate surface area is 116 Å². The van der Waals surface area contributed by atoms with Gasteiger partial charge in [-0.05, 0) is 18.8 Å². The zero-order chi connectivity index (χ0) is 13.2. The van der Waals surface area contributed by atoms with Crippen molar-refractivity contribution in [1.29, 1.82) is 0 Å². The maximum atomic E-state index is 11.4. The number of anilines is 1. The fourth-order valence-corrected chi connectivity index (χ4v) is 3.67. The standard InChI is InChI=1S/C12H19N5OS/c1-13-12-16-15-11(19-12)7-17-5-4-9-8(6-17)2-3-10(18)14-9/h8-9H,2-7H2,1H3,(H,13,16)(H,14,18). The van der Waals surface area contributed by atoms with Crippen LogP contribution in [0.25, 0.3) is 0 Å². The Kier molecular flexibility index (Phi) is 3.65. The summed E-state index contributed by atoms with van der Waals surface area (Å²) in [6, 6.07) is 0.389. The average molecular weight is 281 g/mol. The molecular weight excluding hydrogens is 262 g/mol. The summed E-state index contributed by atoms with van der Waals surface area (Å²) >= 11 is 1.61. The Bertz CT molecular complexity index is 463. The van der Waals surface area contributed by atoms with Gasteiger partial charge in [-0.3, -0.25) is 9.69 Å². The number of hydrogen-bond donors (Lipinski definition) is 2. The highest BCUT2D eigenvalue weighted by Crippen LogP contribution is 2.27. The summed E-state index contributed by atoms with van der Waals surface area (Å²) in [5.41, 5.74) is 0. The van der Waals surface area contributed by atoms with Crippen LogP contribution in [0.4, 0.5) is 5.13 Å². The molecule has 2 saturated heterocycles. The first-order valence-electron chi connectivity index (χ1n) is 6.76. The number of carbonyl (C=O) groups excluding carboxylic acids is 1. The summed E-state index contributed by atoms with van der Waals surface area (Å²) in [5.74, 6) is 0.820. The van der Waals surface area contributed by atoms with Gasteiger partial charge in [0.2, 0.25) is 11.0 Å². The minimum Gasteiger partial charge on any atom is -0.363 e. The number of carbonyl (C=O) groups is 1. The van der Waals surface area contributed by atoms with Gasteiger partial charge >= 0.3 is 0 Å². The number of likely N-dealkylation sites (tertiary alicyclic amines) is 1. The van der Waals surface area contributed by atoms with E-state index in [9.17, 15) is 4.79 Å². The number of nitrogens with zero attached hydrogens (tertiary/aromatic N) is 3. The molecule has 3 rings (SSSR count). The van der Waals surface area contributed by atoms with Crippen molar-refractivity contribution in [2.24, 2.45) is 5.92 Å². The van der Waals surface area contributed by atoms with Crippen LogP contribution in [-0.4, -0.2) is 47.2 Å². The van der Waals surface area contributed by atoms with Gasteiger partial charge < -0.3 is 10.6 Å². The SMILES string of the molecule is CNc1nnc(CN2CCC3NC(=O)CCC3C2)s1. The van der Waals surface area contributed by atoms with Gasteiger partial charge in [0.15, 0.2) is 0 Å². The van der Waals surface area contributed by atoms with Crippen molar-refractivity contribution >= 4 is 22.4 Å². The molecule has 1 aromatic rings. The van der Waals surface area contributed by atoms with Crippen molar-refractivity contribution < 1.29 is 4.79 Å². The zero-order valence-electron chi connectivity index (χ0n) is 11.1. The zero-order valence-corrected chi connectivity index (χ0v) is 11.9. The molecule has 0 aromatic carbocycles. The van der Waals surface area contributed by atoms with Crippen LogP contribution in [0.5, 0.6) is 0 Å². The normalized spacial score (nSPS) is 27.7. The molecule has 19 heavy (non-hydrogen) atoms. The minimum absolute atomic E-state index is 0.220. The van der Waals surface area contributed by atoms with Crippen molar-refractivity contribution in [2.45, 2.75) is 31.8 Å². The van der Waals surface area contributed by atoms with Gasteiger partial charge in [-0.2, -0.15) is 0 Å². The highest BCUT2D eigenvalue weighted by Gasteiger charge is 2.33. The van der Waals surface area contributed by atoms with Crippen LogP contribution in [0.3, 0.4) is 0 Å². The third-order valence-corrected chi connectivity index (χ3v) is 4.87. The summed E-state index contributed by atoms with van der Waals surface area (Å²) < 4.78 is 0. The lowest BCUT2D eigenvalue weighted by Crippen LogP contribution is -2.53. The Morgan fingerprint density at radius 1 is 1.47 bits per heavy atom. The highest BCUT2D eigenvalue weighted by molar-refractivity contribution is 7.15. The Morgan fingerprint density at radius 3 is 3.16 bits per heavy atom. The highest BCUT2D eigenvalue weighted by atomic mass is 32.1. The molecule has 3 heterocycles. The summed E-state index contributed by atoms with van der Waals surface area (Å²) in [7, 11) is 1.86. The Hall–Kier alpha value is -1.21. The van der Waals surface area contributed by atoms with Crippen LogP contribution in [0.1, 0.15) is 24.3 Å². The van der Waals surface area contributed by atoms with Crippen LogP contribution in [0.15, 0.2) is 0 Å².